The third-order valence-electron chi connectivity index (χ3n) is 13.1. The minimum atomic E-state index is -0.844. The maximum atomic E-state index is 15.6. The zero-order chi connectivity index (χ0) is 50.5. The zero-order valence-electron chi connectivity index (χ0n) is 41.2. The molecule has 10 rings (SSSR count). The smallest absolute Gasteiger partial charge is 0.419 e. The van der Waals surface area contributed by atoms with Gasteiger partial charge in [0.25, 0.3) is 0 Å². The number of carbonyl (C=O) groups excluding carboxylic acids is 3. The van der Waals surface area contributed by atoms with Crippen LogP contribution >= 0.6 is 45.9 Å². The van der Waals surface area contributed by atoms with Gasteiger partial charge in [0, 0.05) is 81.0 Å². The maximum Gasteiger partial charge on any atom is 0.419 e. The number of carbonyl (C=O) groups is 3. The normalized spacial score (nSPS) is 15.6. The molecule has 0 fully saturated rings. The fourth-order valence-electron chi connectivity index (χ4n) is 9.96. The van der Waals surface area contributed by atoms with Crippen LogP contribution in [0.25, 0.3) is 44.3 Å². The number of nitrogens with zero attached hydrogens (tertiary/aromatic N) is 2. The van der Waals surface area contributed by atoms with Crippen molar-refractivity contribution in [1.82, 2.24) is 30.4 Å². The molecular formula is C57H58Cl2N6O5S2. The Kier molecular flexibility index (Phi) is 14.1. The first-order valence-electron chi connectivity index (χ1n) is 24.4. The average molecular weight is 1040 g/mol. The molecule has 2 atom stereocenters. The molecule has 4 aromatic carbocycles. The molecule has 2 aliphatic heterocycles. The third kappa shape index (κ3) is 10.3. The minimum Gasteiger partial charge on any atom is -0.443 e. The van der Waals surface area contributed by atoms with Crippen molar-refractivity contribution in [3.63, 3.8) is 0 Å². The van der Waals surface area contributed by atoms with Crippen LogP contribution in [-0.4, -0.2) is 51.4 Å². The van der Waals surface area contributed by atoms with Gasteiger partial charge >= 0.3 is 12.2 Å². The zero-order valence-corrected chi connectivity index (χ0v) is 44.4. The summed E-state index contributed by atoms with van der Waals surface area (Å²) in [5.74, 6) is -0.161. The number of nitrogens with one attached hydrogen (secondary N) is 4. The Bertz CT molecular complexity index is 3130. The molecule has 0 spiro atoms. The quantitative estimate of drug-likeness (QED) is 0.0787. The topological polar surface area (TPSA) is 128 Å². The van der Waals surface area contributed by atoms with E-state index in [0.29, 0.717) is 80.9 Å². The monoisotopic (exact) mass is 1040 g/mol. The van der Waals surface area contributed by atoms with E-state index in [1.807, 2.05) is 102 Å². The highest BCUT2D eigenvalue weighted by molar-refractivity contribution is 7.10. The summed E-state index contributed by atoms with van der Waals surface area (Å²) in [4.78, 5) is 47.0. The summed E-state index contributed by atoms with van der Waals surface area (Å²) in [6.07, 6.45) is 0.821. The molecule has 0 aliphatic carbocycles. The first-order chi connectivity index (χ1) is 34.5. The first kappa shape index (κ1) is 49.9. The van der Waals surface area contributed by atoms with Gasteiger partial charge in [-0.1, -0.05) is 59.6 Å². The Labute approximate surface area is 437 Å². The molecule has 0 saturated heterocycles. The van der Waals surface area contributed by atoms with Gasteiger partial charge in [-0.05, 0) is 159 Å². The summed E-state index contributed by atoms with van der Waals surface area (Å²) in [7, 11) is 0. The van der Waals surface area contributed by atoms with E-state index in [-0.39, 0.29) is 5.78 Å². The van der Waals surface area contributed by atoms with Crippen LogP contribution in [-0.2, 0) is 53.3 Å². The molecule has 0 radical (unpaired) electrons. The lowest BCUT2D eigenvalue weighted by Gasteiger charge is -2.24. The van der Waals surface area contributed by atoms with E-state index in [1.165, 1.54) is 9.75 Å². The van der Waals surface area contributed by atoms with Gasteiger partial charge in [-0.3, -0.25) is 15.4 Å². The Hall–Kier alpha value is -5.61. The fourth-order valence-corrected chi connectivity index (χ4v) is 11.8. The van der Waals surface area contributed by atoms with Crippen molar-refractivity contribution in [3.05, 3.63) is 161 Å². The fraction of sp³-hybridized carbons (Fsp3) is 0.316. The number of rotatable bonds is 14. The van der Waals surface area contributed by atoms with Gasteiger partial charge < -0.3 is 20.1 Å². The Balaban J connectivity index is 1.02. The molecule has 4 N–H and O–H groups in total. The molecule has 0 saturated carbocycles. The van der Waals surface area contributed by atoms with Gasteiger partial charge in [-0.25, -0.2) is 18.7 Å². The summed E-state index contributed by atoms with van der Waals surface area (Å²) < 4.78 is 15.3. The number of hydrogen-bond acceptors (Lipinski definition) is 11. The molecule has 15 heteroatoms. The van der Waals surface area contributed by atoms with Crippen LogP contribution in [0, 0.1) is 0 Å². The second-order valence-corrected chi connectivity index (χ2v) is 23.4. The third-order valence-corrected chi connectivity index (χ3v) is 15.6. The summed E-state index contributed by atoms with van der Waals surface area (Å²) in [6.45, 7) is 14.7. The van der Waals surface area contributed by atoms with Crippen molar-refractivity contribution in [1.29, 1.82) is 0 Å². The number of ether oxygens (including phenoxy) is 2. The van der Waals surface area contributed by atoms with Crippen molar-refractivity contribution < 1.29 is 23.9 Å². The van der Waals surface area contributed by atoms with Gasteiger partial charge in [-0.2, -0.15) is 0 Å². The Morgan fingerprint density at radius 3 is 1.43 bits per heavy atom. The first-order valence-corrected chi connectivity index (χ1v) is 26.9. The predicted molar refractivity (Wildman–Crippen MR) is 292 cm³/mol. The molecule has 0 bridgehead atoms. The summed E-state index contributed by atoms with van der Waals surface area (Å²) >= 11 is 17.5. The maximum absolute atomic E-state index is 15.6. The molecular weight excluding hydrogens is 984 g/mol. The SMILES string of the molecule is CC(C)(C)OC(=O)n1c(-c2ccc(Cl)c3c2C(C(=O)C2NCc4c(Cl)ccc(-c5cc6cc(CNCCc7cccs7)ccc6n5C(=O)OC(C)(C)C)c42)NC3)cc2cc(CNCCc3cccs3)ccc21. The van der Waals surface area contributed by atoms with Crippen LogP contribution in [0.15, 0.2) is 108 Å². The van der Waals surface area contributed by atoms with Crippen LogP contribution in [0.1, 0.15) is 96.8 Å². The average Bonchev–Trinajstić information content (AvgIpc) is 4.20. The molecule has 4 aromatic heterocycles. The van der Waals surface area contributed by atoms with Crippen LogP contribution in [0.4, 0.5) is 9.59 Å². The van der Waals surface area contributed by atoms with E-state index in [0.717, 1.165) is 59.0 Å². The van der Waals surface area contributed by atoms with E-state index in [2.05, 4.69) is 68.4 Å². The van der Waals surface area contributed by atoms with Crippen molar-refractivity contribution >= 4 is 85.7 Å². The lowest BCUT2D eigenvalue weighted by molar-refractivity contribution is -0.123. The van der Waals surface area contributed by atoms with Crippen molar-refractivity contribution in [2.24, 2.45) is 0 Å². The van der Waals surface area contributed by atoms with Crippen molar-refractivity contribution in [2.45, 2.75) is 104 Å². The molecule has 8 aromatic rings. The molecule has 372 valence electrons. The van der Waals surface area contributed by atoms with Crippen LogP contribution < -0.4 is 21.3 Å². The molecule has 6 heterocycles. The summed E-state index contributed by atoms with van der Waals surface area (Å²) in [6, 6.07) is 30.4. The van der Waals surface area contributed by atoms with Gasteiger partial charge in [0.15, 0.2) is 5.78 Å². The summed E-state index contributed by atoms with van der Waals surface area (Å²) in [5.41, 5.74) is 7.40. The second-order valence-electron chi connectivity index (χ2n) is 20.5. The van der Waals surface area contributed by atoms with Gasteiger partial charge in [0.05, 0.1) is 34.5 Å². The van der Waals surface area contributed by atoms with Crippen LogP contribution in [0.5, 0.6) is 0 Å². The molecule has 11 nitrogen and oxygen atoms in total. The van der Waals surface area contributed by atoms with Crippen LogP contribution in [0.3, 0.4) is 0 Å². The molecule has 2 aliphatic rings. The van der Waals surface area contributed by atoms with E-state index < -0.39 is 35.5 Å². The number of aromatic nitrogens is 2. The highest BCUT2D eigenvalue weighted by Gasteiger charge is 2.42. The summed E-state index contributed by atoms with van der Waals surface area (Å²) in [5, 5.41) is 21.1. The number of thiophene rings is 2. The Morgan fingerprint density at radius 2 is 1.04 bits per heavy atom. The van der Waals surface area contributed by atoms with E-state index in [1.54, 1.807) is 31.8 Å². The highest BCUT2D eigenvalue weighted by atomic mass is 35.5. The second kappa shape index (κ2) is 20.4. The van der Waals surface area contributed by atoms with Crippen LogP contribution in [0.2, 0.25) is 10.0 Å². The van der Waals surface area contributed by atoms with E-state index in [9.17, 15) is 9.59 Å². The lowest BCUT2D eigenvalue weighted by Crippen LogP contribution is -2.32. The number of fused-ring (bicyclic) bond motifs is 4. The lowest BCUT2D eigenvalue weighted by atomic mass is 9.87. The van der Waals surface area contributed by atoms with Gasteiger partial charge in [-0.15, -0.1) is 22.7 Å². The van der Waals surface area contributed by atoms with Gasteiger partial charge in [0.1, 0.15) is 11.2 Å². The highest BCUT2D eigenvalue weighted by Crippen LogP contribution is 2.46. The number of halogens is 2. The largest absolute Gasteiger partial charge is 0.443 e. The van der Waals surface area contributed by atoms with E-state index >= 15 is 4.79 Å². The number of Topliss-reactive ketones (excluding diaryl/α,β-unsaturated/α-hetero) is 1. The molecule has 72 heavy (non-hydrogen) atoms. The predicted octanol–water partition coefficient (Wildman–Crippen LogP) is 13.1. The van der Waals surface area contributed by atoms with Crippen molar-refractivity contribution in [3.8, 4) is 22.5 Å². The molecule has 2 unspecified atom stereocenters. The van der Waals surface area contributed by atoms with Crippen molar-refractivity contribution in [2.75, 3.05) is 13.1 Å². The van der Waals surface area contributed by atoms with E-state index in [4.69, 9.17) is 32.7 Å². The number of hydrogen-bond donors (Lipinski definition) is 4. The number of benzene rings is 4. The van der Waals surface area contributed by atoms with Gasteiger partial charge in [0.2, 0.25) is 0 Å². The standard InChI is InChI=1S/C57H58Cl2N6O5S2/c1-56(2,3)69-54(67)64-45-17-11-33(29-60-21-19-37-9-7-23-71-37)25-35(45)27-47(64)39-13-15-43(58)41-31-62-51(49(39)41)53(66)52-50-40(14-16-44(59)42(50)32-63-52)48-28-36-26-34(30-61-22-20-38-10-8-24-72-38)12-18-46(36)65(48)55(68)70-57(4,5)6/h7-18,23-28,51-52,60-63H,19-22,29-32H2,1-6H3. The number of ketones is 1. The Morgan fingerprint density at radius 1 is 0.611 bits per heavy atom. The minimum absolute atomic E-state index is 0.161. The molecule has 0 amide bonds.